The maximum absolute atomic E-state index is 11.5. The van der Waals surface area contributed by atoms with Crippen LogP contribution in [0.25, 0.3) is 11.3 Å². The van der Waals surface area contributed by atoms with E-state index in [4.69, 9.17) is 0 Å². The van der Waals surface area contributed by atoms with Crippen LogP contribution in [-0.4, -0.2) is 28.0 Å². The first kappa shape index (κ1) is 16.7. The van der Waals surface area contributed by atoms with Crippen LogP contribution < -0.4 is 0 Å². The molecule has 1 N–H and O–H groups in total. The highest BCUT2D eigenvalue weighted by Crippen LogP contribution is 2.35. The number of nitro groups is 1. The van der Waals surface area contributed by atoms with Crippen LogP contribution in [-0.2, 0) is 4.74 Å². The standard InChI is InChI=1S/C17H13N3O4S/c1-24-16(21)12-7-8-15(14(9-12)20(22)23)25-17-18-10-13(19-17)11-5-3-2-4-6-11/h2-10H,1H3,(H,18,19). The zero-order chi connectivity index (χ0) is 17.8. The SMILES string of the molecule is COC(=O)c1ccc(Sc2ncc(-c3ccccc3)[nH]2)c([N+](=O)[O-])c1. The smallest absolute Gasteiger partial charge is 0.338 e. The van der Waals surface area contributed by atoms with Crippen LogP contribution in [0.2, 0.25) is 0 Å². The summed E-state index contributed by atoms with van der Waals surface area (Å²) in [6.07, 6.45) is 1.67. The molecule has 25 heavy (non-hydrogen) atoms. The fourth-order valence-electron chi connectivity index (χ4n) is 2.21. The van der Waals surface area contributed by atoms with Gasteiger partial charge >= 0.3 is 5.97 Å². The van der Waals surface area contributed by atoms with Gasteiger partial charge in [0.1, 0.15) is 0 Å². The van der Waals surface area contributed by atoms with Crippen molar-refractivity contribution in [3.05, 3.63) is 70.4 Å². The number of carbonyl (C=O) groups is 1. The van der Waals surface area contributed by atoms with Crippen LogP contribution in [0, 0.1) is 10.1 Å². The summed E-state index contributed by atoms with van der Waals surface area (Å²) in [4.78, 5) is 30.1. The molecule has 0 amide bonds. The molecule has 7 nitrogen and oxygen atoms in total. The number of hydrogen-bond donors (Lipinski definition) is 1. The van der Waals surface area contributed by atoms with E-state index in [1.807, 2.05) is 30.3 Å². The number of imidazole rings is 1. The van der Waals surface area contributed by atoms with Gasteiger partial charge in [0.2, 0.25) is 0 Å². The van der Waals surface area contributed by atoms with E-state index in [1.54, 1.807) is 6.20 Å². The van der Waals surface area contributed by atoms with E-state index in [1.165, 1.54) is 25.3 Å². The van der Waals surface area contributed by atoms with Crippen LogP contribution in [0.3, 0.4) is 0 Å². The lowest BCUT2D eigenvalue weighted by molar-refractivity contribution is -0.387. The first-order chi connectivity index (χ1) is 12.1. The predicted molar refractivity (Wildman–Crippen MR) is 92.6 cm³/mol. The number of aromatic nitrogens is 2. The molecule has 1 heterocycles. The minimum Gasteiger partial charge on any atom is -0.465 e. The van der Waals surface area contributed by atoms with Crippen molar-refractivity contribution in [3.63, 3.8) is 0 Å². The second-order valence-electron chi connectivity index (χ2n) is 5.00. The van der Waals surface area contributed by atoms with Gasteiger partial charge in [-0.25, -0.2) is 9.78 Å². The van der Waals surface area contributed by atoms with Gasteiger partial charge in [-0.3, -0.25) is 10.1 Å². The monoisotopic (exact) mass is 355 g/mol. The first-order valence-electron chi connectivity index (χ1n) is 7.23. The van der Waals surface area contributed by atoms with Crippen molar-refractivity contribution in [2.75, 3.05) is 7.11 Å². The van der Waals surface area contributed by atoms with E-state index in [0.29, 0.717) is 10.1 Å². The van der Waals surface area contributed by atoms with E-state index in [2.05, 4.69) is 14.7 Å². The molecule has 0 bridgehead atoms. The lowest BCUT2D eigenvalue weighted by Crippen LogP contribution is -2.02. The highest BCUT2D eigenvalue weighted by Gasteiger charge is 2.19. The maximum atomic E-state index is 11.5. The lowest BCUT2D eigenvalue weighted by atomic mass is 10.2. The predicted octanol–water partition coefficient (Wildman–Crippen LogP) is 3.92. The fourth-order valence-corrected chi connectivity index (χ4v) is 3.06. The Labute approximate surface area is 147 Å². The average molecular weight is 355 g/mol. The van der Waals surface area contributed by atoms with E-state index < -0.39 is 10.9 Å². The normalized spacial score (nSPS) is 10.4. The summed E-state index contributed by atoms with van der Waals surface area (Å²) in [6, 6.07) is 13.8. The Kier molecular flexibility index (Phi) is 4.80. The Balaban J connectivity index is 1.89. The number of rotatable bonds is 5. The molecule has 0 radical (unpaired) electrons. The number of aromatic amines is 1. The molecular weight excluding hydrogens is 342 g/mol. The number of H-pyrrole nitrogens is 1. The molecule has 0 atom stereocenters. The molecule has 0 saturated carbocycles. The summed E-state index contributed by atoms with van der Waals surface area (Å²) in [5, 5.41) is 11.8. The number of carbonyl (C=O) groups excluding carboxylic acids is 1. The van der Waals surface area contributed by atoms with E-state index in [0.717, 1.165) is 23.0 Å². The topological polar surface area (TPSA) is 98.1 Å². The lowest BCUT2D eigenvalue weighted by Gasteiger charge is -2.03. The van der Waals surface area contributed by atoms with Crippen LogP contribution in [0.1, 0.15) is 10.4 Å². The molecule has 3 rings (SSSR count). The molecule has 0 unspecified atom stereocenters. The fraction of sp³-hybridized carbons (Fsp3) is 0.0588. The van der Waals surface area contributed by atoms with Crippen LogP contribution in [0.5, 0.6) is 0 Å². The number of esters is 1. The molecule has 2 aromatic carbocycles. The minimum atomic E-state index is -0.621. The van der Waals surface area contributed by atoms with Crippen molar-refractivity contribution in [1.29, 1.82) is 0 Å². The van der Waals surface area contributed by atoms with Crippen molar-refractivity contribution >= 4 is 23.4 Å². The summed E-state index contributed by atoms with van der Waals surface area (Å²) >= 11 is 1.13. The Bertz CT molecular complexity index is 925. The highest BCUT2D eigenvalue weighted by atomic mass is 32.2. The van der Waals surface area contributed by atoms with Crippen LogP contribution >= 0.6 is 11.8 Å². The largest absolute Gasteiger partial charge is 0.465 e. The van der Waals surface area contributed by atoms with Gasteiger partial charge in [-0.1, -0.05) is 30.3 Å². The quantitative estimate of drug-likeness (QED) is 0.423. The number of hydrogen-bond acceptors (Lipinski definition) is 6. The number of methoxy groups -OCH3 is 1. The van der Waals surface area contributed by atoms with Crippen LogP contribution in [0.15, 0.2) is 64.8 Å². The van der Waals surface area contributed by atoms with E-state index >= 15 is 0 Å². The zero-order valence-electron chi connectivity index (χ0n) is 13.1. The second-order valence-corrected chi connectivity index (χ2v) is 6.03. The molecule has 0 aliphatic carbocycles. The van der Waals surface area contributed by atoms with Crippen molar-refractivity contribution in [2.45, 2.75) is 10.1 Å². The molecule has 1 aromatic heterocycles. The summed E-state index contributed by atoms with van der Waals surface area (Å²) in [6.45, 7) is 0. The summed E-state index contributed by atoms with van der Waals surface area (Å²) in [7, 11) is 1.23. The zero-order valence-corrected chi connectivity index (χ0v) is 13.9. The third-order valence-corrected chi connectivity index (χ3v) is 4.39. The van der Waals surface area contributed by atoms with Gasteiger partial charge in [0.25, 0.3) is 5.69 Å². The number of nitrogens with one attached hydrogen (secondary N) is 1. The highest BCUT2D eigenvalue weighted by molar-refractivity contribution is 7.99. The van der Waals surface area contributed by atoms with Gasteiger partial charge in [-0.2, -0.15) is 0 Å². The van der Waals surface area contributed by atoms with Gasteiger partial charge in [0.05, 0.1) is 34.4 Å². The Morgan fingerprint density at radius 3 is 2.68 bits per heavy atom. The Morgan fingerprint density at radius 2 is 2.00 bits per heavy atom. The van der Waals surface area contributed by atoms with Gasteiger partial charge in [-0.15, -0.1) is 0 Å². The maximum Gasteiger partial charge on any atom is 0.338 e. The molecule has 8 heteroatoms. The van der Waals surface area contributed by atoms with Crippen LogP contribution in [0.4, 0.5) is 5.69 Å². The average Bonchev–Trinajstić information content (AvgIpc) is 3.10. The molecular formula is C17H13N3O4S. The summed E-state index contributed by atoms with van der Waals surface area (Å²) in [5.74, 6) is -0.621. The molecule has 0 fully saturated rings. The van der Waals surface area contributed by atoms with Gasteiger partial charge in [0, 0.05) is 6.07 Å². The van der Waals surface area contributed by atoms with Crippen molar-refractivity contribution in [3.8, 4) is 11.3 Å². The number of benzene rings is 2. The third-order valence-electron chi connectivity index (χ3n) is 3.42. The van der Waals surface area contributed by atoms with Gasteiger partial charge in [0.15, 0.2) is 5.16 Å². The number of nitrogens with zero attached hydrogens (tertiary/aromatic N) is 2. The molecule has 126 valence electrons. The van der Waals surface area contributed by atoms with Gasteiger partial charge in [-0.05, 0) is 29.5 Å². The van der Waals surface area contributed by atoms with Crippen molar-refractivity contribution < 1.29 is 14.5 Å². The molecule has 0 aliphatic heterocycles. The molecule has 0 aliphatic rings. The van der Waals surface area contributed by atoms with E-state index in [-0.39, 0.29) is 11.3 Å². The van der Waals surface area contributed by atoms with Gasteiger partial charge < -0.3 is 9.72 Å². The summed E-state index contributed by atoms with van der Waals surface area (Å²) in [5.41, 5.74) is 1.74. The summed E-state index contributed by atoms with van der Waals surface area (Å²) < 4.78 is 4.59. The van der Waals surface area contributed by atoms with Crippen molar-refractivity contribution in [1.82, 2.24) is 9.97 Å². The minimum absolute atomic E-state index is 0.128. The number of ether oxygens (including phenoxy) is 1. The van der Waals surface area contributed by atoms with Crippen molar-refractivity contribution in [2.24, 2.45) is 0 Å². The third kappa shape index (κ3) is 3.69. The Hall–Kier alpha value is -3.13. The first-order valence-corrected chi connectivity index (χ1v) is 8.05. The van der Waals surface area contributed by atoms with E-state index in [9.17, 15) is 14.9 Å². The molecule has 3 aromatic rings. The number of nitro benzene ring substituents is 1. The Morgan fingerprint density at radius 1 is 1.24 bits per heavy atom. The molecule has 0 spiro atoms. The molecule has 0 saturated heterocycles. The second kappa shape index (κ2) is 7.18.